The number of allylic oxidation sites excluding steroid dienone is 1. The normalized spacial score (nSPS) is 15.2. The second-order valence-electron chi connectivity index (χ2n) is 8.36. The molecule has 1 aliphatic rings. The second kappa shape index (κ2) is 10.2. The second-order valence-corrected chi connectivity index (χ2v) is 9.81. The highest BCUT2D eigenvalue weighted by atomic mass is 35.5. The summed E-state index contributed by atoms with van der Waals surface area (Å²) in [6.45, 7) is 3.62. The molecule has 192 valence electrons. The van der Waals surface area contributed by atoms with Crippen molar-refractivity contribution in [3.05, 3.63) is 118 Å². The minimum absolute atomic E-state index is 0.0191. The molecule has 3 heterocycles. The lowest BCUT2D eigenvalue weighted by Crippen LogP contribution is -2.39. The largest absolute Gasteiger partial charge is 0.463 e. The fourth-order valence-electron chi connectivity index (χ4n) is 4.21. The molecule has 1 atom stereocenters. The van der Waals surface area contributed by atoms with Gasteiger partial charge in [0.05, 0.1) is 33.4 Å². The summed E-state index contributed by atoms with van der Waals surface area (Å²) in [7, 11) is 0. The number of ether oxygens (including phenoxy) is 1. The molecule has 1 unspecified atom stereocenters. The van der Waals surface area contributed by atoms with Crippen LogP contribution in [0.5, 0.6) is 0 Å². The van der Waals surface area contributed by atoms with Crippen LogP contribution in [-0.2, 0) is 9.53 Å². The van der Waals surface area contributed by atoms with Gasteiger partial charge in [-0.05, 0) is 55.8 Å². The molecule has 11 heteroatoms. The number of nitrogens with zero attached hydrogens (tertiary/aromatic N) is 3. The number of non-ortho nitro benzene ring substituents is 1. The summed E-state index contributed by atoms with van der Waals surface area (Å²) >= 11 is 7.27. The highest BCUT2D eigenvalue weighted by Crippen LogP contribution is 2.31. The number of hydrogen-bond acceptors (Lipinski definition) is 8. The highest BCUT2D eigenvalue weighted by molar-refractivity contribution is 7.07. The summed E-state index contributed by atoms with van der Waals surface area (Å²) in [6.07, 6.45) is 1.61. The molecular weight excluding hydrogens is 530 g/mol. The van der Waals surface area contributed by atoms with E-state index in [9.17, 15) is 19.7 Å². The molecule has 5 rings (SSSR count). The number of thiazole rings is 1. The van der Waals surface area contributed by atoms with E-state index in [1.807, 2.05) is 0 Å². The average Bonchev–Trinajstić information content (AvgIpc) is 3.48. The SMILES string of the molecule is CCOC(=O)C1=C(C)N=c2s/c(=C\c3ccc(-c4ccc([N+](=O)[O-])cc4)o3)c(=O)n2C1c1ccc(Cl)cc1. The van der Waals surface area contributed by atoms with Gasteiger partial charge in [-0.2, -0.15) is 0 Å². The number of carbonyl (C=O) groups is 1. The quantitative estimate of drug-likeness (QED) is 0.197. The Morgan fingerprint density at radius 2 is 1.89 bits per heavy atom. The molecule has 0 bridgehead atoms. The molecule has 0 aliphatic carbocycles. The third-order valence-corrected chi connectivity index (χ3v) is 7.20. The lowest BCUT2D eigenvalue weighted by molar-refractivity contribution is -0.384. The Balaban J connectivity index is 1.59. The number of aromatic nitrogens is 1. The van der Waals surface area contributed by atoms with E-state index >= 15 is 0 Å². The summed E-state index contributed by atoms with van der Waals surface area (Å²) in [4.78, 5) is 42.0. The predicted octanol–water partition coefficient (Wildman–Crippen LogP) is 4.62. The number of esters is 1. The van der Waals surface area contributed by atoms with Gasteiger partial charge in [0.1, 0.15) is 11.5 Å². The van der Waals surface area contributed by atoms with Crippen molar-refractivity contribution >= 4 is 40.7 Å². The third-order valence-electron chi connectivity index (χ3n) is 5.97. The van der Waals surface area contributed by atoms with E-state index in [0.29, 0.717) is 42.7 Å². The summed E-state index contributed by atoms with van der Waals surface area (Å²) in [6, 6.07) is 15.6. The number of carbonyl (C=O) groups excluding carboxylic acids is 1. The first-order chi connectivity index (χ1) is 18.3. The molecule has 9 nitrogen and oxygen atoms in total. The monoisotopic (exact) mass is 549 g/mol. The summed E-state index contributed by atoms with van der Waals surface area (Å²) in [5.41, 5.74) is 1.75. The Morgan fingerprint density at radius 1 is 1.18 bits per heavy atom. The fourth-order valence-corrected chi connectivity index (χ4v) is 5.37. The zero-order valence-corrected chi connectivity index (χ0v) is 21.8. The van der Waals surface area contributed by atoms with Gasteiger partial charge >= 0.3 is 5.97 Å². The highest BCUT2D eigenvalue weighted by Gasteiger charge is 2.33. The number of nitro groups is 1. The van der Waals surface area contributed by atoms with E-state index in [2.05, 4.69) is 4.99 Å². The minimum Gasteiger partial charge on any atom is -0.463 e. The number of hydrogen-bond donors (Lipinski definition) is 0. The average molecular weight is 550 g/mol. The first-order valence-electron chi connectivity index (χ1n) is 11.6. The lowest BCUT2D eigenvalue weighted by Gasteiger charge is -2.24. The van der Waals surface area contributed by atoms with Gasteiger partial charge in [-0.3, -0.25) is 19.5 Å². The van der Waals surface area contributed by atoms with Crippen molar-refractivity contribution in [3.63, 3.8) is 0 Å². The zero-order chi connectivity index (χ0) is 27.0. The van der Waals surface area contributed by atoms with Crippen molar-refractivity contribution in [1.82, 2.24) is 4.57 Å². The van der Waals surface area contributed by atoms with Crippen molar-refractivity contribution < 1.29 is 18.9 Å². The maximum Gasteiger partial charge on any atom is 0.338 e. The standard InChI is InChI=1S/C27H20ClN3O6S/c1-3-36-26(33)23-15(2)29-27-30(24(23)17-4-8-18(28)9-5-17)25(32)22(38-27)14-20-12-13-21(37-20)16-6-10-19(11-7-16)31(34)35/h4-14,24H,3H2,1-2H3/b22-14-. The predicted molar refractivity (Wildman–Crippen MR) is 143 cm³/mol. The van der Waals surface area contributed by atoms with Crippen LogP contribution in [0.4, 0.5) is 5.69 Å². The van der Waals surface area contributed by atoms with Crippen molar-refractivity contribution in [2.24, 2.45) is 4.99 Å². The summed E-state index contributed by atoms with van der Waals surface area (Å²) in [5, 5.41) is 11.4. The Hall–Kier alpha value is -4.28. The number of rotatable bonds is 6. The maximum absolute atomic E-state index is 13.7. The van der Waals surface area contributed by atoms with Crippen LogP contribution >= 0.6 is 22.9 Å². The molecule has 1 aliphatic heterocycles. The van der Waals surface area contributed by atoms with Crippen LogP contribution in [-0.4, -0.2) is 22.1 Å². The van der Waals surface area contributed by atoms with E-state index in [-0.39, 0.29) is 23.4 Å². The van der Waals surface area contributed by atoms with E-state index in [0.717, 1.165) is 0 Å². The van der Waals surface area contributed by atoms with Gasteiger partial charge in [0.2, 0.25) is 0 Å². The molecule has 2 aromatic carbocycles. The number of fused-ring (bicyclic) bond motifs is 1. The molecule has 0 saturated carbocycles. The molecule has 0 radical (unpaired) electrons. The molecule has 0 fully saturated rings. The van der Waals surface area contributed by atoms with Crippen LogP contribution in [0.2, 0.25) is 5.02 Å². The van der Waals surface area contributed by atoms with Crippen LogP contribution in [0.3, 0.4) is 0 Å². The van der Waals surface area contributed by atoms with Crippen LogP contribution in [0.15, 0.2) is 86.1 Å². The summed E-state index contributed by atoms with van der Waals surface area (Å²) < 4.78 is 13.0. The molecular formula is C27H20ClN3O6S. The van der Waals surface area contributed by atoms with E-state index < -0.39 is 16.9 Å². The topological polar surface area (TPSA) is 117 Å². The maximum atomic E-state index is 13.7. The van der Waals surface area contributed by atoms with Crippen LogP contribution in [0.1, 0.15) is 31.2 Å². The van der Waals surface area contributed by atoms with Crippen molar-refractivity contribution in [2.75, 3.05) is 6.61 Å². The Morgan fingerprint density at radius 3 is 2.55 bits per heavy atom. The minimum atomic E-state index is -0.739. The zero-order valence-electron chi connectivity index (χ0n) is 20.2. The number of benzene rings is 2. The molecule has 4 aromatic rings. The van der Waals surface area contributed by atoms with Crippen LogP contribution in [0.25, 0.3) is 17.4 Å². The van der Waals surface area contributed by atoms with Gasteiger partial charge in [-0.15, -0.1) is 0 Å². The van der Waals surface area contributed by atoms with Gasteiger partial charge in [0.15, 0.2) is 4.80 Å². The van der Waals surface area contributed by atoms with Crippen molar-refractivity contribution in [3.8, 4) is 11.3 Å². The first-order valence-corrected chi connectivity index (χ1v) is 12.8. The molecule has 0 saturated heterocycles. The smallest absolute Gasteiger partial charge is 0.338 e. The molecule has 2 aromatic heterocycles. The Bertz CT molecular complexity index is 1760. The van der Waals surface area contributed by atoms with Gasteiger partial charge in [-0.1, -0.05) is 35.1 Å². The first kappa shape index (κ1) is 25.4. The fraction of sp³-hybridized carbons (Fsp3) is 0.148. The summed E-state index contributed by atoms with van der Waals surface area (Å²) in [5.74, 6) is 0.383. The van der Waals surface area contributed by atoms with Gasteiger partial charge in [0.25, 0.3) is 11.2 Å². The van der Waals surface area contributed by atoms with Crippen molar-refractivity contribution in [2.45, 2.75) is 19.9 Å². The van der Waals surface area contributed by atoms with Crippen molar-refractivity contribution in [1.29, 1.82) is 0 Å². The number of furan rings is 1. The molecule has 0 amide bonds. The Labute approximate surface area is 224 Å². The van der Waals surface area contributed by atoms with Gasteiger partial charge in [-0.25, -0.2) is 9.79 Å². The van der Waals surface area contributed by atoms with E-state index in [1.54, 1.807) is 68.5 Å². The molecule has 0 N–H and O–H groups in total. The van der Waals surface area contributed by atoms with Gasteiger partial charge in [0, 0.05) is 28.8 Å². The van der Waals surface area contributed by atoms with Gasteiger partial charge < -0.3 is 9.15 Å². The molecule has 38 heavy (non-hydrogen) atoms. The van der Waals surface area contributed by atoms with Crippen LogP contribution in [0, 0.1) is 10.1 Å². The number of nitro benzene ring substituents is 1. The van der Waals surface area contributed by atoms with E-state index in [4.69, 9.17) is 20.8 Å². The molecule has 0 spiro atoms. The lowest BCUT2D eigenvalue weighted by atomic mass is 9.96. The number of halogens is 1. The third kappa shape index (κ3) is 4.71. The van der Waals surface area contributed by atoms with E-state index in [1.165, 1.54) is 28.0 Å². The van der Waals surface area contributed by atoms with Crippen LogP contribution < -0.4 is 14.9 Å². The Kier molecular flexibility index (Phi) is 6.83.